The fourth-order valence-electron chi connectivity index (χ4n) is 3.20. The first kappa shape index (κ1) is 26.9. The normalized spacial score (nSPS) is 11.3. The Balaban J connectivity index is 0.00000385. The molecule has 6 nitrogen and oxygen atoms in total. The standard InChI is InChI=1S/C24H29N3O3S2.ClH/c25-22(12-4-5-13-30-24(29)26-16-19-8-2-1-3-9-19)23(28)27(17-20-10-6-14-31-20)18-21-11-7-15-32-21;/h1-3,6-11,14-15,22H,4-5,12-13,16-18,25H2,(H,26,29);1H/t22-;/m0./s1. The SMILES string of the molecule is Cl.N[C@@H](CCCCOC(=O)NCc1ccccc1)C(=O)N(Cc1cccs1)Cc1cccs1. The van der Waals surface area contributed by atoms with Gasteiger partial charge in [-0.2, -0.15) is 0 Å². The highest BCUT2D eigenvalue weighted by molar-refractivity contribution is 7.10. The second kappa shape index (κ2) is 14.7. The quantitative estimate of drug-likeness (QED) is 0.330. The molecule has 0 bridgehead atoms. The average molecular weight is 508 g/mol. The minimum Gasteiger partial charge on any atom is -0.450 e. The third-order valence-corrected chi connectivity index (χ3v) is 6.63. The van der Waals surface area contributed by atoms with Crippen LogP contribution in [0.2, 0.25) is 0 Å². The molecule has 0 spiro atoms. The van der Waals surface area contributed by atoms with Crippen LogP contribution in [0.3, 0.4) is 0 Å². The molecular weight excluding hydrogens is 478 g/mol. The lowest BCUT2D eigenvalue weighted by Gasteiger charge is -2.25. The van der Waals surface area contributed by atoms with Gasteiger partial charge in [0.05, 0.1) is 25.7 Å². The summed E-state index contributed by atoms with van der Waals surface area (Å²) in [5, 5.41) is 6.75. The summed E-state index contributed by atoms with van der Waals surface area (Å²) in [7, 11) is 0. The van der Waals surface area contributed by atoms with Gasteiger partial charge in [-0.1, -0.05) is 42.5 Å². The van der Waals surface area contributed by atoms with Crippen LogP contribution in [0, 0.1) is 0 Å². The Kier molecular flexibility index (Phi) is 12.0. The van der Waals surface area contributed by atoms with E-state index in [1.54, 1.807) is 22.7 Å². The van der Waals surface area contributed by atoms with Crippen molar-refractivity contribution in [2.24, 2.45) is 5.73 Å². The van der Waals surface area contributed by atoms with E-state index < -0.39 is 12.1 Å². The molecule has 0 fully saturated rings. The second-order valence-electron chi connectivity index (χ2n) is 7.43. The number of hydrogen-bond acceptors (Lipinski definition) is 6. The number of thiophene rings is 2. The molecule has 1 aromatic carbocycles. The summed E-state index contributed by atoms with van der Waals surface area (Å²) in [6, 6.07) is 17.1. The van der Waals surface area contributed by atoms with Crippen LogP contribution in [0.4, 0.5) is 4.79 Å². The third-order valence-electron chi connectivity index (χ3n) is 4.90. The van der Waals surface area contributed by atoms with Gasteiger partial charge in [0.2, 0.25) is 5.91 Å². The Labute approximate surface area is 209 Å². The third kappa shape index (κ3) is 9.55. The molecule has 0 saturated heterocycles. The number of unbranched alkanes of at least 4 members (excludes halogenated alkanes) is 1. The zero-order valence-corrected chi connectivity index (χ0v) is 20.8. The number of ether oxygens (including phenoxy) is 1. The lowest BCUT2D eigenvalue weighted by Crippen LogP contribution is -2.42. The van der Waals surface area contributed by atoms with E-state index in [1.807, 2.05) is 70.3 Å². The van der Waals surface area contributed by atoms with Crippen LogP contribution in [-0.2, 0) is 29.2 Å². The van der Waals surface area contributed by atoms with Crippen LogP contribution in [-0.4, -0.2) is 29.5 Å². The number of nitrogens with two attached hydrogens (primary N) is 1. The molecule has 0 aliphatic heterocycles. The molecule has 2 amide bonds. The van der Waals surface area contributed by atoms with E-state index in [0.717, 1.165) is 15.3 Å². The fourth-order valence-corrected chi connectivity index (χ4v) is 4.64. The van der Waals surface area contributed by atoms with Crippen molar-refractivity contribution in [3.63, 3.8) is 0 Å². The molecule has 3 rings (SSSR count). The van der Waals surface area contributed by atoms with Gasteiger partial charge in [0.1, 0.15) is 0 Å². The summed E-state index contributed by atoms with van der Waals surface area (Å²) >= 11 is 3.27. The van der Waals surface area contributed by atoms with Gasteiger partial charge in [0.15, 0.2) is 0 Å². The van der Waals surface area contributed by atoms with Crippen molar-refractivity contribution >= 4 is 47.1 Å². The molecule has 0 aliphatic rings. The van der Waals surface area contributed by atoms with Crippen molar-refractivity contribution in [3.05, 3.63) is 80.7 Å². The van der Waals surface area contributed by atoms with E-state index in [4.69, 9.17) is 10.5 Å². The number of carbonyl (C=O) groups excluding carboxylic acids is 2. The predicted octanol–water partition coefficient (Wildman–Crippen LogP) is 5.18. The maximum atomic E-state index is 13.0. The van der Waals surface area contributed by atoms with Crippen LogP contribution in [0.15, 0.2) is 65.4 Å². The minimum atomic E-state index is -0.568. The van der Waals surface area contributed by atoms with E-state index in [2.05, 4.69) is 5.32 Å². The zero-order chi connectivity index (χ0) is 22.6. The first-order valence-electron chi connectivity index (χ1n) is 10.7. The smallest absolute Gasteiger partial charge is 0.407 e. The molecule has 2 aromatic heterocycles. The molecule has 178 valence electrons. The number of rotatable bonds is 12. The molecular formula is C24H30ClN3O3S2. The molecule has 0 aliphatic carbocycles. The highest BCUT2D eigenvalue weighted by Crippen LogP contribution is 2.18. The van der Waals surface area contributed by atoms with Crippen molar-refractivity contribution in [2.75, 3.05) is 6.61 Å². The van der Waals surface area contributed by atoms with Crippen LogP contribution >= 0.6 is 35.1 Å². The monoisotopic (exact) mass is 507 g/mol. The van der Waals surface area contributed by atoms with E-state index in [0.29, 0.717) is 45.5 Å². The van der Waals surface area contributed by atoms with Crippen molar-refractivity contribution < 1.29 is 14.3 Å². The number of alkyl carbamates (subject to hydrolysis) is 1. The van der Waals surface area contributed by atoms with Gasteiger partial charge in [-0.25, -0.2) is 4.79 Å². The number of hydrogen-bond donors (Lipinski definition) is 2. The second-order valence-corrected chi connectivity index (χ2v) is 9.49. The van der Waals surface area contributed by atoms with Crippen molar-refractivity contribution in [1.29, 1.82) is 0 Å². The van der Waals surface area contributed by atoms with Gasteiger partial charge in [-0.05, 0) is 47.7 Å². The van der Waals surface area contributed by atoms with Crippen LogP contribution in [0.1, 0.15) is 34.6 Å². The Morgan fingerprint density at radius 1 is 0.939 bits per heavy atom. The van der Waals surface area contributed by atoms with Crippen molar-refractivity contribution in [3.8, 4) is 0 Å². The number of halogens is 1. The summed E-state index contributed by atoms with van der Waals surface area (Å²) in [6.45, 7) is 1.86. The maximum Gasteiger partial charge on any atom is 0.407 e. The molecule has 3 aromatic rings. The number of benzene rings is 1. The largest absolute Gasteiger partial charge is 0.450 e. The zero-order valence-electron chi connectivity index (χ0n) is 18.4. The average Bonchev–Trinajstić information content (AvgIpc) is 3.51. The Bertz CT molecular complexity index is 901. The molecule has 0 saturated carbocycles. The van der Waals surface area contributed by atoms with Gasteiger partial charge in [0, 0.05) is 16.3 Å². The fraction of sp³-hybridized carbons (Fsp3) is 0.333. The summed E-state index contributed by atoms with van der Waals surface area (Å²) in [4.78, 5) is 28.9. The number of nitrogens with zero attached hydrogens (tertiary/aromatic N) is 1. The van der Waals surface area contributed by atoms with Crippen LogP contribution < -0.4 is 11.1 Å². The summed E-state index contributed by atoms with van der Waals surface area (Å²) in [6.07, 6.45) is 1.49. The summed E-state index contributed by atoms with van der Waals surface area (Å²) < 4.78 is 5.21. The van der Waals surface area contributed by atoms with E-state index in [-0.39, 0.29) is 18.3 Å². The topological polar surface area (TPSA) is 84.7 Å². The highest BCUT2D eigenvalue weighted by atomic mass is 35.5. The van der Waals surface area contributed by atoms with Crippen LogP contribution in [0.25, 0.3) is 0 Å². The van der Waals surface area contributed by atoms with Gasteiger partial charge in [0.25, 0.3) is 0 Å². The molecule has 33 heavy (non-hydrogen) atoms. The minimum absolute atomic E-state index is 0. The molecule has 3 N–H and O–H groups in total. The maximum absolute atomic E-state index is 13.0. The number of nitrogens with one attached hydrogen (secondary N) is 1. The van der Waals surface area contributed by atoms with Gasteiger partial charge in [-0.15, -0.1) is 35.1 Å². The van der Waals surface area contributed by atoms with Gasteiger partial charge >= 0.3 is 6.09 Å². The highest BCUT2D eigenvalue weighted by Gasteiger charge is 2.22. The van der Waals surface area contributed by atoms with Gasteiger partial charge in [-0.3, -0.25) is 4.79 Å². The molecule has 0 unspecified atom stereocenters. The van der Waals surface area contributed by atoms with Crippen molar-refractivity contribution in [2.45, 2.75) is 44.9 Å². The number of amides is 2. The summed E-state index contributed by atoms with van der Waals surface area (Å²) in [5.74, 6) is -0.0478. The molecule has 1 atom stereocenters. The predicted molar refractivity (Wildman–Crippen MR) is 137 cm³/mol. The summed E-state index contributed by atoms with van der Waals surface area (Å²) in [5.41, 5.74) is 7.24. The lowest BCUT2D eigenvalue weighted by atomic mass is 10.1. The van der Waals surface area contributed by atoms with Crippen LogP contribution in [0.5, 0.6) is 0 Å². The molecule has 9 heteroatoms. The Hall–Kier alpha value is -2.39. The van der Waals surface area contributed by atoms with Crippen molar-refractivity contribution in [1.82, 2.24) is 10.2 Å². The first-order chi connectivity index (χ1) is 15.6. The van der Waals surface area contributed by atoms with Gasteiger partial charge < -0.3 is 20.7 Å². The van der Waals surface area contributed by atoms with E-state index in [1.165, 1.54) is 0 Å². The lowest BCUT2D eigenvalue weighted by molar-refractivity contribution is -0.134. The Morgan fingerprint density at radius 3 is 2.15 bits per heavy atom. The van der Waals surface area contributed by atoms with E-state index in [9.17, 15) is 9.59 Å². The Morgan fingerprint density at radius 2 is 1.58 bits per heavy atom. The molecule has 0 radical (unpaired) electrons. The number of carbonyl (C=O) groups is 2. The first-order valence-corrected chi connectivity index (χ1v) is 12.4. The van der Waals surface area contributed by atoms with E-state index >= 15 is 0 Å². The molecule has 2 heterocycles.